The minimum absolute atomic E-state index is 0.0941. The minimum Gasteiger partial charge on any atom is -0.444 e. The Labute approximate surface area is 110 Å². The molecule has 3 nitrogen and oxygen atoms in total. The number of ether oxygens (including phenoxy) is 1. The predicted octanol–water partition coefficient (Wildman–Crippen LogP) is 3.50. The molecular weight excluding hydrogens is 226 g/mol. The molecule has 3 aliphatic rings. The van der Waals surface area contributed by atoms with Gasteiger partial charge >= 0.3 is 6.09 Å². The molecule has 0 aromatic carbocycles. The second kappa shape index (κ2) is 4.01. The van der Waals surface area contributed by atoms with Crippen molar-refractivity contribution in [1.29, 1.82) is 0 Å². The van der Waals surface area contributed by atoms with Crippen molar-refractivity contribution in [1.82, 2.24) is 5.32 Å². The molecule has 1 unspecified atom stereocenters. The summed E-state index contributed by atoms with van der Waals surface area (Å²) in [5.74, 6) is 1.25. The van der Waals surface area contributed by atoms with Gasteiger partial charge in [0.2, 0.25) is 0 Å². The first-order valence-corrected chi connectivity index (χ1v) is 6.79. The number of carbonyl (C=O) groups is 1. The lowest BCUT2D eigenvalue weighted by Crippen LogP contribution is -2.57. The summed E-state index contributed by atoms with van der Waals surface area (Å²) in [5.41, 5.74) is 1.10. The van der Waals surface area contributed by atoms with Gasteiger partial charge in [-0.1, -0.05) is 26.0 Å². The Kier molecular flexibility index (Phi) is 2.99. The number of nitrogens with one attached hydrogen (secondary N) is 1. The molecule has 3 fully saturated rings. The molecule has 0 spiro atoms. The van der Waals surface area contributed by atoms with E-state index in [2.05, 4.69) is 25.7 Å². The SMILES string of the molecule is C=C1C(NC(=O)OC(C)(C)C)C[C@H]2C[C@@H]1C2(C)C. The summed E-state index contributed by atoms with van der Waals surface area (Å²) < 4.78 is 5.30. The van der Waals surface area contributed by atoms with E-state index >= 15 is 0 Å². The Morgan fingerprint density at radius 1 is 1.39 bits per heavy atom. The Morgan fingerprint density at radius 3 is 2.44 bits per heavy atom. The molecule has 1 N–H and O–H groups in total. The molecular formula is C15H25NO2. The van der Waals surface area contributed by atoms with Gasteiger partial charge in [-0.05, 0) is 50.9 Å². The van der Waals surface area contributed by atoms with E-state index in [1.54, 1.807) is 0 Å². The second-order valence-electron chi connectivity index (χ2n) is 7.32. The smallest absolute Gasteiger partial charge is 0.408 e. The molecule has 0 aromatic heterocycles. The van der Waals surface area contributed by atoms with Crippen LogP contribution in [0.5, 0.6) is 0 Å². The van der Waals surface area contributed by atoms with E-state index in [9.17, 15) is 4.79 Å². The van der Waals surface area contributed by atoms with Gasteiger partial charge in [0.25, 0.3) is 0 Å². The van der Waals surface area contributed by atoms with Crippen molar-refractivity contribution in [2.45, 2.75) is 59.1 Å². The lowest BCUT2D eigenvalue weighted by Gasteiger charge is -2.59. The van der Waals surface area contributed by atoms with Crippen LogP contribution in [0.15, 0.2) is 12.2 Å². The molecule has 18 heavy (non-hydrogen) atoms. The Bertz CT molecular complexity index is 378. The Morgan fingerprint density at radius 2 is 2.00 bits per heavy atom. The van der Waals surface area contributed by atoms with Gasteiger partial charge in [-0.2, -0.15) is 0 Å². The first kappa shape index (κ1) is 13.4. The van der Waals surface area contributed by atoms with Gasteiger partial charge in [0.05, 0.1) is 6.04 Å². The van der Waals surface area contributed by atoms with E-state index < -0.39 is 5.60 Å². The fraction of sp³-hybridized carbons (Fsp3) is 0.800. The molecule has 1 amide bonds. The first-order chi connectivity index (χ1) is 8.11. The van der Waals surface area contributed by atoms with Gasteiger partial charge in [0.15, 0.2) is 0 Å². The van der Waals surface area contributed by atoms with Gasteiger partial charge in [-0.3, -0.25) is 0 Å². The molecule has 0 aliphatic heterocycles. The highest BCUT2D eigenvalue weighted by molar-refractivity contribution is 5.68. The maximum absolute atomic E-state index is 11.8. The first-order valence-electron chi connectivity index (χ1n) is 6.79. The molecule has 3 saturated carbocycles. The highest BCUT2D eigenvalue weighted by Gasteiger charge is 2.55. The van der Waals surface area contributed by atoms with Crippen LogP contribution in [0, 0.1) is 17.3 Å². The van der Waals surface area contributed by atoms with Crippen molar-refractivity contribution in [2.75, 3.05) is 0 Å². The van der Waals surface area contributed by atoms with Crippen molar-refractivity contribution < 1.29 is 9.53 Å². The number of hydrogen-bond acceptors (Lipinski definition) is 2. The average Bonchev–Trinajstić information content (AvgIpc) is 2.17. The van der Waals surface area contributed by atoms with Crippen LogP contribution in [0.4, 0.5) is 4.79 Å². The monoisotopic (exact) mass is 251 g/mol. The molecule has 102 valence electrons. The highest BCUT2D eigenvalue weighted by atomic mass is 16.6. The molecule has 2 bridgehead atoms. The quantitative estimate of drug-likeness (QED) is 0.724. The summed E-state index contributed by atoms with van der Waals surface area (Å²) in [6, 6.07) is 0.0941. The van der Waals surface area contributed by atoms with Crippen LogP contribution in [0.3, 0.4) is 0 Å². The maximum Gasteiger partial charge on any atom is 0.408 e. The third-order valence-electron chi connectivity index (χ3n) is 4.58. The lowest BCUT2D eigenvalue weighted by molar-refractivity contribution is -0.0396. The zero-order chi connectivity index (χ0) is 13.7. The van der Waals surface area contributed by atoms with Crippen LogP contribution >= 0.6 is 0 Å². The summed E-state index contributed by atoms with van der Waals surface area (Å²) in [6.07, 6.45) is 1.91. The summed E-state index contributed by atoms with van der Waals surface area (Å²) in [5, 5.41) is 2.96. The normalized spacial score (nSPS) is 33.6. The molecule has 0 aromatic rings. The zero-order valence-electron chi connectivity index (χ0n) is 12.2. The predicted molar refractivity (Wildman–Crippen MR) is 72.3 cm³/mol. The number of alkyl carbamates (subject to hydrolysis) is 1. The highest BCUT2D eigenvalue weighted by Crippen LogP contribution is 2.60. The van der Waals surface area contributed by atoms with Crippen LogP contribution in [-0.4, -0.2) is 17.7 Å². The van der Waals surface area contributed by atoms with Crippen LogP contribution in [0.2, 0.25) is 0 Å². The lowest BCUT2D eigenvalue weighted by atomic mass is 9.46. The molecule has 3 aliphatic carbocycles. The zero-order valence-corrected chi connectivity index (χ0v) is 12.2. The maximum atomic E-state index is 11.8. The summed E-state index contributed by atoms with van der Waals surface area (Å²) in [7, 11) is 0. The molecule has 0 saturated heterocycles. The summed E-state index contributed by atoms with van der Waals surface area (Å²) in [6.45, 7) is 14.4. The average molecular weight is 251 g/mol. The molecule has 0 radical (unpaired) electrons. The summed E-state index contributed by atoms with van der Waals surface area (Å²) >= 11 is 0. The van der Waals surface area contributed by atoms with Gasteiger partial charge in [0, 0.05) is 0 Å². The van der Waals surface area contributed by atoms with Crippen molar-refractivity contribution in [3.05, 3.63) is 12.2 Å². The van der Waals surface area contributed by atoms with E-state index in [0.29, 0.717) is 17.3 Å². The summed E-state index contributed by atoms with van der Waals surface area (Å²) in [4.78, 5) is 11.8. The fourth-order valence-electron chi connectivity index (χ4n) is 3.33. The third kappa shape index (κ3) is 2.27. The number of carbonyl (C=O) groups excluding carboxylic acids is 1. The van der Waals surface area contributed by atoms with E-state index in [1.165, 1.54) is 12.0 Å². The van der Waals surface area contributed by atoms with Crippen LogP contribution in [0.1, 0.15) is 47.5 Å². The van der Waals surface area contributed by atoms with E-state index in [0.717, 1.165) is 6.42 Å². The molecule has 3 atom stereocenters. The van der Waals surface area contributed by atoms with Crippen molar-refractivity contribution >= 4 is 6.09 Å². The van der Waals surface area contributed by atoms with Crippen LogP contribution in [-0.2, 0) is 4.74 Å². The Hall–Kier alpha value is -0.990. The topological polar surface area (TPSA) is 38.3 Å². The van der Waals surface area contributed by atoms with Gasteiger partial charge in [0.1, 0.15) is 5.60 Å². The largest absolute Gasteiger partial charge is 0.444 e. The van der Waals surface area contributed by atoms with E-state index in [1.807, 2.05) is 20.8 Å². The van der Waals surface area contributed by atoms with Gasteiger partial charge < -0.3 is 10.1 Å². The van der Waals surface area contributed by atoms with Crippen molar-refractivity contribution in [3.8, 4) is 0 Å². The van der Waals surface area contributed by atoms with Gasteiger partial charge in [-0.15, -0.1) is 0 Å². The Balaban J connectivity index is 1.93. The standard InChI is InChI=1S/C15H25NO2/c1-9-11-7-10(15(11,5)6)8-12(9)16-13(17)18-14(2,3)4/h10-12H,1,7-8H2,2-6H3,(H,16,17)/t10-,11+,12?/m1/s1. The van der Waals surface area contributed by atoms with E-state index in [4.69, 9.17) is 4.74 Å². The minimum atomic E-state index is -0.442. The number of amides is 1. The van der Waals surface area contributed by atoms with Gasteiger partial charge in [-0.25, -0.2) is 4.79 Å². The number of rotatable bonds is 1. The second-order valence-corrected chi connectivity index (χ2v) is 7.32. The number of fused-ring (bicyclic) bond motifs is 2. The van der Waals surface area contributed by atoms with E-state index in [-0.39, 0.29) is 12.1 Å². The molecule has 0 heterocycles. The van der Waals surface area contributed by atoms with Crippen LogP contribution < -0.4 is 5.32 Å². The van der Waals surface area contributed by atoms with Crippen LogP contribution in [0.25, 0.3) is 0 Å². The fourth-order valence-corrected chi connectivity index (χ4v) is 3.33. The van der Waals surface area contributed by atoms with Crippen molar-refractivity contribution in [3.63, 3.8) is 0 Å². The third-order valence-corrected chi connectivity index (χ3v) is 4.58. The van der Waals surface area contributed by atoms with Crippen molar-refractivity contribution in [2.24, 2.45) is 17.3 Å². The molecule has 3 rings (SSSR count). The molecule has 3 heteroatoms. The number of hydrogen-bond donors (Lipinski definition) is 1.